The molecule has 86 valence electrons. The average molecular weight is 332 g/mol. The first kappa shape index (κ1) is 11.9. The van der Waals surface area contributed by atoms with Crippen molar-refractivity contribution in [3.63, 3.8) is 0 Å². The van der Waals surface area contributed by atoms with Gasteiger partial charge < -0.3 is 9.47 Å². The number of hydrogen-bond acceptors (Lipinski definition) is 3. The standard InChI is InChI=1S/C12H13IO3/c1-2-15-12-10(14)7-11(12)16-9-5-3-8(13)4-6-9/h3-6,11-12H,2,7H2,1H3. The summed E-state index contributed by atoms with van der Waals surface area (Å²) >= 11 is 2.24. The third kappa shape index (κ3) is 2.55. The fourth-order valence-electron chi connectivity index (χ4n) is 1.64. The number of benzene rings is 1. The first-order chi connectivity index (χ1) is 7.70. The summed E-state index contributed by atoms with van der Waals surface area (Å²) < 4.78 is 12.2. The van der Waals surface area contributed by atoms with Gasteiger partial charge in [0.1, 0.15) is 11.9 Å². The molecule has 0 radical (unpaired) electrons. The van der Waals surface area contributed by atoms with Crippen molar-refractivity contribution in [3.05, 3.63) is 27.8 Å². The highest BCUT2D eigenvalue weighted by Gasteiger charge is 2.42. The summed E-state index contributed by atoms with van der Waals surface area (Å²) in [5.74, 6) is 0.931. The number of rotatable bonds is 4. The third-order valence-corrected chi connectivity index (χ3v) is 3.22. The Morgan fingerprint density at radius 2 is 2.06 bits per heavy atom. The van der Waals surface area contributed by atoms with Gasteiger partial charge in [0.25, 0.3) is 0 Å². The van der Waals surface area contributed by atoms with E-state index in [9.17, 15) is 4.79 Å². The molecule has 0 bridgehead atoms. The predicted octanol–water partition coefficient (Wildman–Crippen LogP) is 2.42. The lowest BCUT2D eigenvalue weighted by Crippen LogP contribution is -2.52. The molecule has 2 rings (SSSR count). The fraction of sp³-hybridized carbons (Fsp3) is 0.417. The van der Waals surface area contributed by atoms with Crippen molar-refractivity contribution in [2.75, 3.05) is 6.61 Å². The Morgan fingerprint density at radius 1 is 1.38 bits per heavy atom. The third-order valence-electron chi connectivity index (χ3n) is 2.50. The zero-order valence-corrected chi connectivity index (χ0v) is 11.1. The van der Waals surface area contributed by atoms with Crippen LogP contribution in [-0.2, 0) is 9.53 Å². The SMILES string of the molecule is CCOC1C(=O)CC1Oc1ccc(I)cc1. The van der Waals surface area contributed by atoms with Gasteiger partial charge in [-0.2, -0.15) is 0 Å². The monoisotopic (exact) mass is 332 g/mol. The molecular formula is C12H13IO3. The Hall–Kier alpha value is -0.620. The first-order valence-corrected chi connectivity index (χ1v) is 6.35. The van der Waals surface area contributed by atoms with E-state index in [1.807, 2.05) is 31.2 Å². The summed E-state index contributed by atoms with van der Waals surface area (Å²) in [6, 6.07) is 7.78. The molecule has 1 aliphatic rings. The van der Waals surface area contributed by atoms with Gasteiger partial charge in [0, 0.05) is 16.6 Å². The summed E-state index contributed by atoms with van der Waals surface area (Å²) in [5, 5.41) is 0. The molecule has 3 nitrogen and oxygen atoms in total. The van der Waals surface area contributed by atoms with Crippen LogP contribution in [0, 0.1) is 3.57 Å². The molecule has 0 spiro atoms. The second-order valence-electron chi connectivity index (χ2n) is 3.66. The van der Waals surface area contributed by atoms with Crippen molar-refractivity contribution in [1.29, 1.82) is 0 Å². The van der Waals surface area contributed by atoms with Crippen molar-refractivity contribution < 1.29 is 14.3 Å². The van der Waals surface area contributed by atoms with Crippen LogP contribution in [0.2, 0.25) is 0 Å². The summed E-state index contributed by atoms with van der Waals surface area (Å²) in [7, 11) is 0. The van der Waals surface area contributed by atoms with Gasteiger partial charge in [-0.05, 0) is 53.8 Å². The molecule has 0 N–H and O–H groups in total. The van der Waals surface area contributed by atoms with E-state index in [1.165, 1.54) is 0 Å². The first-order valence-electron chi connectivity index (χ1n) is 5.27. The van der Waals surface area contributed by atoms with E-state index >= 15 is 0 Å². The number of carbonyl (C=O) groups is 1. The zero-order valence-electron chi connectivity index (χ0n) is 8.98. The molecule has 0 aromatic heterocycles. The minimum absolute atomic E-state index is 0.118. The molecule has 1 aromatic carbocycles. The van der Waals surface area contributed by atoms with E-state index in [4.69, 9.17) is 9.47 Å². The van der Waals surface area contributed by atoms with E-state index in [-0.39, 0.29) is 18.0 Å². The van der Waals surface area contributed by atoms with Crippen LogP contribution in [0.25, 0.3) is 0 Å². The molecule has 1 aliphatic carbocycles. The molecule has 16 heavy (non-hydrogen) atoms. The molecule has 1 fully saturated rings. The molecule has 0 aliphatic heterocycles. The van der Waals surface area contributed by atoms with Crippen LogP contribution in [0.4, 0.5) is 0 Å². The van der Waals surface area contributed by atoms with E-state index in [0.717, 1.165) is 9.32 Å². The summed E-state index contributed by atoms with van der Waals surface area (Å²) in [6.45, 7) is 2.43. The lowest BCUT2D eigenvalue weighted by molar-refractivity contribution is -0.154. The molecule has 1 saturated carbocycles. The maximum atomic E-state index is 11.3. The predicted molar refractivity (Wildman–Crippen MR) is 68.6 cm³/mol. The topological polar surface area (TPSA) is 35.5 Å². The van der Waals surface area contributed by atoms with Crippen molar-refractivity contribution in [2.24, 2.45) is 0 Å². The van der Waals surface area contributed by atoms with E-state index in [1.54, 1.807) is 0 Å². The Balaban J connectivity index is 1.95. The second-order valence-corrected chi connectivity index (χ2v) is 4.90. The van der Waals surface area contributed by atoms with Crippen molar-refractivity contribution in [1.82, 2.24) is 0 Å². The summed E-state index contributed by atoms with van der Waals surface area (Å²) in [5.41, 5.74) is 0. The Morgan fingerprint density at radius 3 is 2.62 bits per heavy atom. The maximum absolute atomic E-state index is 11.3. The van der Waals surface area contributed by atoms with E-state index in [2.05, 4.69) is 22.6 Å². The van der Waals surface area contributed by atoms with Crippen molar-refractivity contribution >= 4 is 28.4 Å². The number of hydrogen-bond donors (Lipinski definition) is 0. The minimum atomic E-state index is -0.371. The molecule has 2 unspecified atom stereocenters. The van der Waals surface area contributed by atoms with Gasteiger partial charge in [0.2, 0.25) is 0 Å². The average Bonchev–Trinajstić information content (AvgIpc) is 2.28. The van der Waals surface area contributed by atoms with Crippen LogP contribution in [0.1, 0.15) is 13.3 Å². The van der Waals surface area contributed by atoms with Gasteiger partial charge in [-0.25, -0.2) is 0 Å². The largest absolute Gasteiger partial charge is 0.487 e. The van der Waals surface area contributed by atoms with Gasteiger partial charge in [0.05, 0.1) is 0 Å². The van der Waals surface area contributed by atoms with Crippen LogP contribution < -0.4 is 4.74 Å². The fourth-order valence-corrected chi connectivity index (χ4v) is 2.00. The molecule has 0 saturated heterocycles. The molecule has 1 aromatic rings. The highest BCUT2D eigenvalue weighted by molar-refractivity contribution is 14.1. The lowest BCUT2D eigenvalue weighted by atomic mass is 9.90. The number of halogens is 1. The Bertz CT molecular complexity index is 374. The summed E-state index contributed by atoms with van der Waals surface area (Å²) in [4.78, 5) is 11.3. The quantitative estimate of drug-likeness (QED) is 0.795. The van der Waals surface area contributed by atoms with Crippen LogP contribution in [0.15, 0.2) is 24.3 Å². The molecule has 0 heterocycles. The second kappa shape index (κ2) is 5.14. The van der Waals surface area contributed by atoms with Gasteiger partial charge in [-0.3, -0.25) is 4.79 Å². The minimum Gasteiger partial charge on any atom is -0.487 e. The maximum Gasteiger partial charge on any atom is 0.169 e. The van der Waals surface area contributed by atoms with Gasteiger partial charge in [-0.15, -0.1) is 0 Å². The lowest BCUT2D eigenvalue weighted by Gasteiger charge is -2.34. The van der Waals surface area contributed by atoms with Crippen molar-refractivity contribution in [2.45, 2.75) is 25.6 Å². The Kier molecular flexibility index (Phi) is 3.81. The summed E-state index contributed by atoms with van der Waals surface area (Å²) in [6.07, 6.45) is -0.0341. The Labute approximate surface area is 108 Å². The van der Waals surface area contributed by atoms with E-state index in [0.29, 0.717) is 13.0 Å². The van der Waals surface area contributed by atoms with Gasteiger partial charge in [-0.1, -0.05) is 0 Å². The van der Waals surface area contributed by atoms with Crippen LogP contribution >= 0.6 is 22.6 Å². The number of Topliss-reactive ketones (excluding diaryl/α,β-unsaturated/α-hetero) is 1. The number of carbonyl (C=O) groups excluding carboxylic acids is 1. The number of ketones is 1. The highest BCUT2D eigenvalue weighted by atomic mass is 127. The molecule has 0 amide bonds. The number of ether oxygens (including phenoxy) is 2. The van der Waals surface area contributed by atoms with E-state index < -0.39 is 0 Å². The smallest absolute Gasteiger partial charge is 0.169 e. The van der Waals surface area contributed by atoms with Gasteiger partial charge >= 0.3 is 0 Å². The molecular weight excluding hydrogens is 319 g/mol. The van der Waals surface area contributed by atoms with Crippen LogP contribution in [0.3, 0.4) is 0 Å². The van der Waals surface area contributed by atoms with Crippen LogP contribution in [-0.4, -0.2) is 24.6 Å². The van der Waals surface area contributed by atoms with Crippen molar-refractivity contribution in [3.8, 4) is 5.75 Å². The highest BCUT2D eigenvalue weighted by Crippen LogP contribution is 2.25. The van der Waals surface area contributed by atoms with Crippen LogP contribution in [0.5, 0.6) is 5.75 Å². The molecule has 4 heteroatoms. The van der Waals surface area contributed by atoms with Gasteiger partial charge in [0.15, 0.2) is 11.9 Å². The normalized spacial score (nSPS) is 24.0. The zero-order chi connectivity index (χ0) is 11.5. The molecule has 2 atom stereocenters.